The highest BCUT2D eigenvalue weighted by Gasteiger charge is 2.34. The predicted octanol–water partition coefficient (Wildman–Crippen LogP) is 2.25. The lowest BCUT2D eigenvalue weighted by atomic mass is 9.99. The number of anilines is 1. The Morgan fingerprint density at radius 3 is 2.43 bits per heavy atom. The molecule has 1 heterocycles. The number of ether oxygens (including phenoxy) is 1. The van der Waals surface area contributed by atoms with E-state index in [0.29, 0.717) is 6.54 Å². The fourth-order valence-corrected chi connectivity index (χ4v) is 3.23. The van der Waals surface area contributed by atoms with E-state index in [0.717, 1.165) is 13.1 Å². The first-order chi connectivity index (χ1) is 9.82. The first-order valence-corrected chi connectivity index (χ1v) is 7.71. The second-order valence-electron chi connectivity index (χ2n) is 6.86. The van der Waals surface area contributed by atoms with Gasteiger partial charge in [0, 0.05) is 45.5 Å². The molecule has 1 fully saturated rings. The van der Waals surface area contributed by atoms with Gasteiger partial charge in [-0.2, -0.15) is 0 Å². The maximum absolute atomic E-state index is 6.07. The Hall–Kier alpha value is -1.10. The van der Waals surface area contributed by atoms with Crippen molar-refractivity contribution < 1.29 is 4.74 Å². The Labute approximate surface area is 128 Å². The molecule has 118 valence electrons. The molecule has 1 aliphatic rings. The van der Waals surface area contributed by atoms with Gasteiger partial charge in [0.25, 0.3) is 0 Å². The number of nitrogens with zero attached hydrogens (tertiary/aromatic N) is 2. The van der Waals surface area contributed by atoms with Crippen LogP contribution in [-0.2, 0) is 4.74 Å². The highest BCUT2D eigenvalue weighted by Crippen LogP contribution is 2.29. The first-order valence-electron chi connectivity index (χ1n) is 7.71. The molecule has 1 saturated heterocycles. The minimum Gasteiger partial charge on any atom is -0.378 e. The lowest BCUT2D eigenvalue weighted by Gasteiger charge is -2.45. The number of morpholine rings is 1. The number of rotatable bonds is 4. The zero-order valence-electron chi connectivity index (χ0n) is 14.0. The van der Waals surface area contributed by atoms with Crippen LogP contribution in [0.25, 0.3) is 0 Å². The molecule has 2 N–H and O–H groups in total. The van der Waals surface area contributed by atoms with Crippen LogP contribution in [0.4, 0.5) is 5.69 Å². The smallest absolute Gasteiger partial charge is 0.0757 e. The summed E-state index contributed by atoms with van der Waals surface area (Å²) in [5.41, 5.74) is 8.46. The van der Waals surface area contributed by atoms with Gasteiger partial charge in [-0.25, -0.2) is 0 Å². The molecule has 1 aliphatic heterocycles. The molecule has 0 aromatic heterocycles. The molecule has 2 unspecified atom stereocenters. The monoisotopic (exact) mass is 291 g/mol. The fraction of sp³-hybridized carbons (Fsp3) is 0.647. The van der Waals surface area contributed by atoms with Crippen molar-refractivity contribution in [3.05, 3.63) is 29.8 Å². The molecule has 21 heavy (non-hydrogen) atoms. The van der Waals surface area contributed by atoms with Gasteiger partial charge in [0.15, 0.2) is 0 Å². The van der Waals surface area contributed by atoms with Crippen molar-refractivity contribution >= 4 is 5.69 Å². The molecule has 2 rings (SSSR count). The summed E-state index contributed by atoms with van der Waals surface area (Å²) in [6, 6.07) is 8.96. The third-order valence-electron chi connectivity index (χ3n) is 4.05. The van der Waals surface area contributed by atoms with E-state index in [2.05, 4.69) is 68.9 Å². The van der Waals surface area contributed by atoms with Gasteiger partial charge < -0.3 is 15.4 Å². The lowest BCUT2D eigenvalue weighted by Crippen LogP contribution is -2.53. The highest BCUT2D eigenvalue weighted by molar-refractivity contribution is 5.46. The predicted molar refractivity (Wildman–Crippen MR) is 88.8 cm³/mol. The molecule has 0 bridgehead atoms. The summed E-state index contributed by atoms with van der Waals surface area (Å²) in [5.74, 6) is 0. The molecule has 4 heteroatoms. The van der Waals surface area contributed by atoms with E-state index in [9.17, 15) is 0 Å². The normalized spacial score (nSPS) is 23.8. The first kappa shape index (κ1) is 16.3. The fourth-order valence-electron chi connectivity index (χ4n) is 3.23. The molecule has 1 aromatic carbocycles. The average Bonchev–Trinajstić information content (AvgIpc) is 2.37. The maximum Gasteiger partial charge on any atom is 0.0757 e. The SMILES string of the molecule is CC1CN(C(CN)c2ccc(N(C)C)cc2)CC(C)(C)O1. The van der Waals surface area contributed by atoms with Gasteiger partial charge in [0.2, 0.25) is 0 Å². The molecule has 1 aromatic rings. The van der Waals surface area contributed by atoms with Gasteiger partial charge in [-0.15, -0.1) is 0 Å². The minimum absolute atomic E-state index is 0.116. The van der Waals surface area contributed by atoms with Crippen LogP contribution in [0.15, 0.2) is 24.3 Å². The Kier molecular flexibility index (Phi) is 4.91. The summed E-state index contributed by atoms with van der Waals surface area (Å²) in [4.78, 5) is 4.57. The third kappa shape index (κ3) is 3.96. The zero-order valence-corrected chi connectivity index (χ0v) is 14.0. The minimum atomic E-state index is -0.116. The molecule has 0 spiro atoms. The largest absolute Gasteiger partial charge is 0.378 e. The van der Waals surface area contributed by atoms with Crippen LogP contribution in [0.5, 0.6) is 0 Å². The van der Waals surface area contributed by atoms with Crippen molar-refractivity contribution in [2.45, 2.75) is 38.5 Å². The number of benzene rings is 1. The Morgan fingerprint density at radius 1 is 1.33 bits per heavy atom. The second-order valence-corrected chi connectivity index (χ2v) is 6.86. The molecule has 0 amide bonds. The second kappa shape index (κ2) is 6.34. The maximum atomic E-state index is 6.07. The standard InChI is InChI=1S/C17H29N3O/c1-13-11-20(12-17(2,3)21-13)16(10-18)14-6-8-15(9-7-14)19(4)5/h6-9,13,16H,10-12,18H2,1-5H3. The van der Waals surface area contributed by atoms with Gasteiger partial charge in [0.1, 0.15) is 0 Å². The molecule has 2 atom stereocenters. The van der Waals surface area contributed by atoms with E-state index in [1.54, 1.807) is 0 Å². The molecule has 0 aliphatic carbocycles. The summed E-state index contributed by atoms with van der Waals surface area (Å²) in [6.07, 6.45) is 0.240. The molecule has 4 nitrogen and oxygen atoms in total. The molecule has 0 saturated carbocycles. The van der Waals surface area contributed by atoms with E-state index >= 15 is 0 Å². The summed E-state index contributed by atoms with van der Waals surface area (Å²) >= 11 is 0. The van der Waals surface area contributed by atoms with E-state index in [-0.39, 0.29) is 17.7 Å². The summed E-state index contributed by atoms with van der Waals surface area (Å²) in [5, 5.41) is 0. The number of hydrogen-bond acceptors (Lipinski definition) is 4. The molecular weight excluding hydrogens is 262 g/mol. The van der Waals surface area contributed by atoms with Crippen molar-refractivity contribution in [2.24, 2.45) is 5.73 Å². The van der Waals surface area contributed by atoms with Crippen molar-refractivity contribution in [1.29, 1.82) is 0 Å². The van der Waals surface area contributed by atoms with Crippen molar-refractivity contribution in [3.63, 3.8) is 0 Å². The van der Waals surface area contributed by atoms with Gasteiger partial charge in [0.05, 0.1) is 11.7 Å². The van der Waals surface area contributed by atoms with Gasteiger partial charge in [-0.3, -0.25) is 4.90 Å². The summed E-state index contributed by atoms with van der Waals surface area (Å²) in [7, 11) is 4.11. The van der Waals surface area contributed by atoms with Crippen LogP contribution in [-0.4, -0.2) is 50.3 Å². The van der Waals surface area contributed by atoms with Crippen molar-refractivity contribution in [3.8, 4) is 0 Å². The Balaban J connectivity index is 2.18. The van der Waals surface area contributed by atoms with Gasteiger partial charge >= 0.3 is 0 Å². The van der Waals surface area contributed by atoms with Gasteiger partial charge in [-0.05, 0) is 38.5 Å². The highest BCUT2D eigenvalue weighted by atomic mass is 16.5. The lowest BCUT2D eigenvalue weighted by molar-refractivity contribution is -0.137. The number of nitrogens with two attached hydrogens (primary N) is 1. The van der Waals surface area contributed by atoms with Crippen LogP contribution in [0.1, 0.15) is 32.4 Å². The Morgan fingerprint density at radius 2 is 1.95 bits per heavy atom. The van der Waals surface area contributed by atoms with Crippen LogP contribution >= 0.6 is 0 Å². The van der Waals surface area contributed by atoms with E-state index < -0.39 is 0 Å². The summed E-state index contributed by atoms with van der Waals surface area (Å²) < 4.78 is 6.00. The van der Waals surface area contributed by atoms with Crippen LogP contribution < -0.4 is 10.6 Å². The van der Waals surface area contributed by atoms with E-state index in [4.69, 9.17) is 10.5 Å². The van der Waals surface area contributed by atoms with E-state index in [1.807, 2.05) is 0 Å². The topological polar surface area (TPSA) is 41.7 Å². The van der Waals surface area contributed by atoms with Crippen LogP contribution in [0.2, 0.25) is 0 Å². The quantitative estimate of drug-likeness (QED) is 0.924. The van der Waals surface area contributed by atoms with Crippen molar-refractivity contribution in [1.82, 2.24) is 4.90 Å². The van der Waals surface area contributed by atoms with Crippen LogP contribution in [0.3, 0.4) is 0 Å². The van der Waals surface area contributed by atoms with Crippen molar-refractivity contribution in [2.75, 3.05) is 38.6 Å². The molecular formula is C17H29N3O. The Bertz CT molecular complexity index is 456. The molecule has 0 radical (unpaired) electrons. The van der Waals surface area contributed by atoms with Crippen LogP contribution in [0, 0.1) is 0 Å². The number of hydrogen-bond donors (Lipinski definition) is 1. The van der Waals surface area contributed by atoms with E-state index in [1.165, 1.54) is 11.3 Å². The average molecular weight is 291 g/mol. The summed E-state index contributed by atoms with van der Waals surface area (Å²) in [6.45, 7) is 8.91. The van der Waals surface area contributed by atoms with Gasteiger partial charge in [-0.1, -0.05) is 12.1 Å². The third-order valence-corrected chi connectivity index (χ3v) is 4.05. The zero-order chi connectivity index (χ0) is 15.6.